The molecule has 0 aromatic heterocycles. The average Bonchev–Trinajstić information content (AvgIpc) is 2.96. The van der Waals surface area contributed by atoms with Crippen LogP contribution in [-0.4, -0.2) is 42.2 Å². The van der Waals surface area contributed by atoms with Crippen LogP contribution in [0.1, 0.15) is 25.3 Å². The van der Waals surface area contributed by atoms with Crippen LogP contribution >= 0.6 is 11.8 Å². The number of nitrogens with one attached hydrogen (secondary N) is 1. The average molecular weight is 304 g/mol. The van der Waals surface area contributed by atoms with E-state index in [9.17, 15) is 4.79 Å². The fraction of sp³-hybridized carbons (Fsp3) is 0.588. The number of carbonyl (C=O) groups is 1. The molecule has 0 saturated carbocycles. The van der Waals surface area contributed by atoms with Crippen molar-refractivity contribution in [1.29, 1.82) is 0 Å². The molecule has 1 unspecified atom stereocenters. The van der Waals surface area contributed by atoms with E-state index in [0.29, 0.717) is 5.91 Å². The van der Waals surface area contributed by atoms with E-state index in [4.69, 9.17) is 0 Å². The van der Waals surface area contributed by atoms with Gasteiger partial charge in [0.15, 0.2) is 0 Å². The minimum atomic E-state index is 0.104. The van der Waals surface area contributed by atoms with Crippen molar-refractivity contribution >= 4 is 17.7 Å². The molecule has 2 aliphatic rings. The Morgan fingerprint density at radius 2 is 2.10 bits per heavy atom. The van der Waals surface area contributed by atoms with Crippen molar-refractivity contribution in [1.82, 2.24) is 10.2 Å². The van der Waals surface area contributed by atoms with Gasteiger partial charge in [0.1, 0.15) is 0 Å². The first-order chi connectivity index (χ1) is 10.3. The van der Waals surface area contributed by atoms with Crippen LogP contribution in [0.5, 0.6) is 0 Å². The van der Waals surface area contributed by atoms with Crippen molar-refractivity contribution in [2.45, 2.75) is 36.3 Å². The molecule has 4 heteroatoms. The fourth-order valence-corrected chi connectivity index (χ4v) is 4.51. The zero-order valence-electron chi connectivity index (χ0n) is 12.7. The van der Waals surface area contributed by atoms with E-state index in [1.54, 1.807) is 11.8 Å². The summed E-state index contributed by atoms with van der Waals surface area (Å²) in [4.78, 5) is 16.1. The molecule has 0 spiro atoms. The Hall–Kier alpha value is -1.00. The van der Waals surface area contributed by atoms with Gasteiger partial charge < -0.3 is 10.2 Å². The first kappa shape index (κ1) is 14.9. The number of benzene rings is 1. The van der Waals surface area contributed by atoms with Gasteiger partial charge in [-0.05, 0) is 49.9 Å². The van der Waals surface area contributed by atoms with Crippen LogP contribution in [0.3, 0.4) is 0 Å². The molecular weight excluding hydrogens is 280 g/mol. The van der Waals surface area contributed by atoms with Crippen molar-refractivity contribution in [2.75, 3.05) is 26.2 Å². The van der Waals surface area contributed by atoms with Gasteiger partial charge in [-0.2, -0.15) is 0 Å². The molecule has 1 saturated heterocycles. The largest absolute Gasteiger partial charge is 0.342 e. The monoisotopic (exact) mass is 304 g/mol. The molecule has 1 amide bonds. The second kappa shape index (κ2) is 6.84. The molecule has 1 N–H and O–H groups in total. The number of likely N-dealkylation sites (tertiary alicyclic amines) is 1. The smallest absolute Gasteiger partial charge is 0.236 e. The molecule has 0 aliphatic carbocycles. The SMILES string of the molecule is CCNCC1CCN(C(=O)C2Cc3ccccc3S2)CC1. The summed E-state index contributed by atoms with van der Waals surface area (Å²) in [6.07, 6.45) is 3.18. The number of piperidine rings is 1. The summed E-state index contributed by atoms with van der Waals surface area (Å²) < 4.78 is 0. The maximum absolute atomic E-state index is 12.7. The highest BCUT2D eigenvalue weighted by Crippen LogP contribution is 2.38. The second-order valence-electron chi connectivity index (χ2n) is 5.99. The number of hydrogen-bond acceptors (Lipinski definition) is 3. The summed E-state index contributed by atoms with van der Waals surface area (Å²) in [6, 6.07) is 8.41. The number of rotatable bonds is 4. The number of carbonyl (C=O) groups excluding carboxylic acids is 1. The molecule has 21 heavy (non-hydrogen) atoms. The highest BCUT2D eigenvalue weighted by Gasteiger charge is 2.32. The third-order valence-corrected chi connectivity index (χ3v) is 5.84. The molecule has 1 fully saturated rings. The molecule has 0 bridgehead atoms. The summed E-state index contributed by atoms with van der Waals surface area (Å²) in [5, 5.41) is 3.53. The predicted molar refractivity (Wildman–Crippen MR) is 87.6 cm³/mol. The number of nitrogens with zero attached hydrogens (tertiary/aromatic N) is 1. The normalized spacial score (nSPS) is 22.3. The number of fused-ring (bicyclic) bond motifs is 1. The second-order valence-corrected chi connectivity index (χ2v) is 7.24. The Bertz CT molecular complexity index is 472. The minimum Gasteiger partial charge on any atom is -0.342 e. The van der Waals surface area contributed by atoms with Gasteiger partial charge in [0.25, 0.3) is 0 Å². The van der Waals surface area contributed by atoms with Crippen molar-refractivity contribution in [3.8, 4) is 0 Å². The Labute approximate surface area is 131 Å². The lowest BCUT2D eigenvalue weighted by atomic mass is 9.96. The molecule has 0 radical (unpaired) electrons. The molecule has 1 atom stereocenters. The van der Waals surface area contributed by atoms with Gasteiger partial charge in [-0.1, -0.05) is 25.1 Å². The molecule has 1 aromatic carbocycles. The zero-order chi connectivity index (χ0) is 14.7. The predicted octanol–water partition coefficient (Wildman–Crippen LogP) is 2.55. The Morgan fingerprint density at radius 3 is 2.81 bits per heavy atom. The summed E-state index contributed by atoms with van der Waals surface area (Å²) in [5.41, 5.74) is 1.34. The van der Waals surface area contributed by atoms with Gasteiger partial charge in [0.2, 0.25) is 5.91 Å². The summed E-state index contributed by atoms with van der Waals surface area (Å²) in [6.45, 7) is 6.15. The van der Waals surface area contributed by atoms with E-state index < -0.39 is 0 Å². The minimum absolute atomic E-state index is 0.104. The van der Waals surface area contributed by atoms with E-state index in [1.807, 2.05) is 0 Å². The van der Waals surface area contributed by atoms with Crippen molar-refractivity contribution in [3.05, 3.63) is 29.8 Å². The maximum Gasteiger partial charge on any atom is 0.236 e. The quantitative estimate of drug-likeness (QED) is 0.928. The lowest BCUT2D eigenvalue weighted by Crippen LogP contribution is -2.44. The van der Waals surface area contributed by atoms with E-state index in [1.165, 1.54) is 10.5 Å². The van der Waals surface area contributed by atoms with Crippen molar-refractivity contribution in [3.63, 3.8) is 0 Å². The Balaban J connectivity index is 1.52. The van der Waals surface area contributed by atoms with Gasteiger partial charge in [-0.15, -0.1) is 11.8 Å². The molecule has 1 aromatic rings. The molecule has 3 rings (SSSR count). The van der Waals surface area contributed by atoms with Crippen LogP contribution in [0.2, 0.25) is 0 Å². The summed E-state index contributed by atoms with van der Waals surface area (Å²) in [5.74, 6) is 1.08. The third-order valence-electron chi connectivity index (χ3n) is 4.53. The van der Waals surface area contributed by atoms with Crippen LogP contribution in [0.4, 0.5) is 0 Å². The number of thioether (sulfide) groups is 1. The molecule has 114 valence electrons. The van der Waals surface area contributed by atoms with Crippen LogP contribution in [0, 0.1) is 5.92 Å². The van der Waals surface area contributed by atoms with Gasteiger partial charge in [0.05, 0.1) is 5.25 Å². The number of amides is 1. The summed E-state index contributed by atoms with van der Waals surface area (Å²) in [7, 11) is 0. The van der Waals surface area contributed by atoms with Crippen LogP contribution in [0.25, 0.3) is 0 Å². The van der Waals surface area contributed by atoms with E-state index >= 15 is 0 Å². The lowest BCUT2D eigenvalue weighted by molar-refractivity contribution is -0.131. The van der Waals surface area contributed by atoms with Gasteiger partial charge in [0, 0.05) is 18.0 Å². The third kappa shape index (κ3) is 3.43. The first-order valence-corrected chi connectivity index (χ1v) is 8.90. The maximum atomic E-state index is 12.7. The molecular formula is C17H24N2OS. The van der Waals surface area contributed by atoms with E-state index in [2.05, 4.69) is 41.4 Å². The number of hydrogen-bond donors (Lipinski definition) is 1. The highest BCUT2D eigenvalue weighted by molar-refractivity contribution is 8.01. The molecule has 3 nitrogen and oxygen atoms in total. The molecule has 2 aliphatic heterocycles. The lowest BCUT2D eigenvalue weighted by Gasteiger charge is -2.33. The molecule has 2 heterocycles. The van der Waals surface area contributed by atoms with E-state index in [0.717, 1.165) is 51.4 Å². The van der Waals surface area contributed by atoms with Crippen LogP contribution in [-0.2, 0) is 11.2 Å². The van der Waals surface area contributed by atoms with Crippen molar-refractivity contribution < 1.29 is 4.79 Å². The standard InChI is InChI=1S/C17H24N2OS/c1-2-18-12-13-7-9-19(10-8-13)17(20)16-11-14-5-3-4-6-15(14)21-16/h3-6,13,16,18H,2,7-12H2,1H3. The van der Waals surface area contributed by atoms with Crippen LogP contribution in [0.15, 0.2) is 29.2 Å². The van der Waals surface area contributed by atoms with Gasteiger partial charge in [-0.3, -0.25) is 4.79 Å². The highest BCUT2D eigenvalue weighted by atomic mass is 32.2. The van der Waals surface area contributed by atoms with E-state index in [-0.39, 0.29) is 5.25 Å². The van der Waals surface area contributed by atoms with Gasteiger partial charge >= 0.3 is 0 Å². The fourth-order valence-electron chi connectivity index (χ4n) is 3.23. The Kier molecular flexibility index (Phi) is 4.86. The van der Waals surface area contributed by atoms with Gasteiger partial charge in [-0.25, -0.2) is 0 Å². The van der Waals surface area contributed by atoms with Crippen LogP contribution < -0.4 is 5.32 Å². The zero-order valence-corrected chi connectivity index (χ0v) is 13.5. The summed E-state index contributed by atoms with van der Waals surface area (Å²) >= 11 is 1.75. The first-order valence-electron chi connectivity index (χ1n) is 8.02. The van der Waals surface area contributed by atoms with Crippen molar-refractivity contribution in [2.24, 2.45) is 5.92 Å². The topological polar surface area (TPSA) is 32.3 Å². The Morgan fingerprint density at radius 1 is 1.33 bits per heavy atom.